The molecule has 1 amide bonds. The molecular formula is C18H18ClNO4S. The fraction of sp³-hybridized carbons (Fsp3) is 0.278. The lowest BCUT2D eigenvalue weighted by Crippen LogP contribution is -2.45. The SMILES string of the molecule is CC(C)[C@H](NC(=O)c1cccs1)C(=O)OCC(=O)c1ccc(Cl)cc1. The van der Waals surface area contributed by atoms with E-state index in [1.165, 1.54) is 11.3 Å². The normalized spacial score (nSPS) is 11.8. The Labute approximate surface area is 154 Å². The van der Waals surface area contributed by atoms with Gasteiger partial charge < -0.3 is 10.1 Å². The van der Waals surface area contributed by atoms with Crippen LogP contribution in [0.25, 0.3) is 0 Å². The average Bonchev–Trinajstić information content (AvgIpc) is 3.12. The van der Waals surface area contributed by atoms with Crippen LogP contribution >= 0.6 is 22.9 Å². The van der Waals surface area contributed by atoms with Gasteiger partial charge in [-0.15, -0.1) is 11.3 Å². The molecule has 0 spiro atoms. The van der Waals surface area contributed by atoms with Crippen LogP contribution in [-0.2, 0) is 9.53 Å². The number of thiophene rings is 1. The summed E-state index contributed by atoms with van der Waals surface area (Å²) < 4.78 is 5.10. The summed E-state index contributed by atoms with van der Waals surface area (Å²) in [5.74, 6) is -1.49. The summed E-state index contributed by atoms with van der Waals surface area (Å²) in [6.07, 6.45) is 0. The summed E-state index contributed by atoms with van der Waals surface area (Å²) in [6, 6.07) is 8.92. The lowest BCUT2D eigenvalue weighted by molar-refractivity contribution is -0.145. The molecule has 25 heavy (non-hydrogen) atoms. The van der Waals surface area contributed by atoms with Crippen molar-refractivity contribution in [2.75, 3.05) is 6.61 Å². The molecule has 132 valence electrons. The van der Waals surface area contributed by atoms with Crippen molar-refractivity contribution in [1.29, 1.82) is 0 Å². The van der Waals surface area contributed by atoms with E-state index in [2.05, 4.69) is 5.32 Å². The molecule has 5 nitrogen and oxygen atoms in total. The summed E-state index contributed by atoms with van der Waals surface area (Å²) in [5.41, 5.74) is 0.404. The molecule has 0 saturated heterocycles. The van der Waals surface area contributed by atoms with Crippen molar-refractivity contribution < 1.29 is 19.1 Å². The second-order valence-corrected chi connectivity index (χ2v) is 7.09. The van der Waals surface area contributed by atoms with Gasteiger partial charge in [-0.1, -0.05) is 31.5 Å². The number of hydrogen-bond acceptors (Lipinski definition) is 5. The number of amides is 1. The number of ketones is 1. The van der Waals surface area contributed by atoms with Crippen molar-refractivity contribution >= 4 is 40.6 Å². The third-order valence-corrected chi connectivity index (χ3v) is 4.58. The van der Waals surface area contributed by atoms with Crippen LogP contribution in [0.1, 0.15) is 33.9 Å². The highest BCUT2D eigenvalue weighted by molar-refractivity contribution is 7.12. The summed E-state index contributed by atoms with van der Waals surface area (Å²) in [7, 11) is 0. The second-order valence-electron chi connectivity index (χ2n) is 5.71. The fourth-order valence-electron chi connectivity index (χ4n) is 2.06. The van der Waals surface area contributed by atoms with Crippen molar-refractivity contribution in [3.05, 3.63) is 57.2 Å². The number of benzene rings is 1. The Morgan fingerprint density at radius 3 is 2.40 bits per heavy atom. The van der Waals surface area contributed by atoms with E-state index in [0.717, 1.165) is 0 Å². The number of nitrogens with one attached hydrogen (secondary N) is 1. The largest absolute Gasteiger partial charge is 0.456 e. The first-order valence-corrected chi connectivity index (χ1v) is 8.94. The number of esters is 1. The van der Waals surface area contributed by atoms with E-state index in [-0.39, 0.29) is 17.6 Å². The minimum Gasteiger partial charge on any atom is -0.456 e. The molecule has 1 atom stereocenters. The summed E-state index contributed by atoms with van der Waals surface area (Å²) in [5, 5.41) is 4.96. The molecule has 0 aliphatic rings. The van der Waals surface area contributed by atoms with Crippen LogP contribution in [0.15, 0.2) is 41.8 Å². The Kier molecular flexibility index (Phi) is 6.73. The molecule has 0 aliphatic heterocycles. The first-order chi connectivity index (χ1) is 11.9. The zero-order chi connectivity index (χ0) is 18.4. The quantitative estimate of drug-likeness (QED) is 0.589. The molecule has 1 N–H and O–H groups in total. The number of ether oxygens (including phenoxy) is 1. The minimum atomic E-state index is -0.826. The first-order valence-electron chi connectivity index (χ1n) is 7.68. The zero-order valence-electron chi connectivity index (χ0n) is 13.8. The van der Waals surface area contributed by atoms with Crippen molar-refractivity contribution in [3.63, 3.8) is 0 Å². The number of halogens is 1. The van der Waals surface area contributed by atoms with E-state index in [9.17, 15) is 14.4 Å². The van der Waals surface area contributed by atoms with Crippen LogP contribution in [0.5, 0.6) is 0 Å². The van der Waals surface area contributed by atoms with Gasteiger partial charge in [-0.05, 0) is 41.6 Å². The van der Waals surface area contributed by atoms with Crippen LogP contribution < -0.4 is 5.32 Å². The molecule has 0 saturated carbocycles. The van der Waals surface area contributed by atoms with Gasteiger partial charge in [-0.3, -0.25) is 9.59 Å². The maximum Gasteiger partial charge on any atom is 0.329 e. The maximum absolute atomic E-state index is 12.3. The molecule has 0 fully saturated rings. The van der Waals surface area contributed by atoms with Gasteiger partial charge in [0.05, 0.1) is 4.88 Å². The van der Waals surface area contributed by atoms with E-state index >= 15 is 0 Å². The molecule has 7 heteroatoms. The smallest absolute Gasteiger partial charge is 0.329 e. The van der Waals surface area contributed by atoms with Crippen molar-refractivity contribution in [2.45, 2.75) is 19.9 Å². The van der Waals surface area contributed by atoms with E-state index in [0.29, 0.717) is 15.5 Å². The standard InChI is InChI=1S/C18H18ClNO4S/c1-11(2)16(20-17(22)15-4-3-9-25-15)18(23)24-10-14(21)12-5-7-13(19)8-6-12/h3-9,11,16H,10H2,1-2H3,(H,20,22)/t16-/m0/s1. The lowest BCUT2D eigenvalue weighted by atomic mass is 10.0. The minimum absolute atomic E-state index is 0.179. The van der Waals surface area contributed by atoms with Gasteiger partial charge in [0.25, 0.3) is 5.91 Å². The second kappa shape index (κ2) is 8.78. The van der Waals surface area contributed by atoms with E-state index in [4.69, 9.17) is 16.3 Å². The molecule has 1 heterocycles. The Balaban J connectivity index is 1.94. The topological polar surface area (TPSA) is 72.5 Å². The molecular weight excluding hydrogens is 362 g/mol. The molecule has 0 aliphatic carbocycles. The molecule has 1 aromatic carbocycles. The van der Waals surface area contributed by atoms with Gasteiger partial charge in [0, 0.05) is 10.6 Å². The third-order valence-electron chi connectivity index (χ3n) is 3.46. The maximum atomic E-state index is 12.3. The van der Waals surface area contributed by atoms with Gasteiger partial charge in [-0.2, -0.15) is 0 Å². The zero-order valence-corrected chi connectivity index (χ0v) is 15.4. The lowest BCUT2D eigenvalue weighted by Gasteiger charge is -2.20. The molecule has 2 rings (SSSR count). The van der Waals surface area contributed by atoms with Crippen LogP contribution in [0.4, 0.5) is 0 Å². The predicted octanol–water partition coefficient (Wildman–Crippen LogP) is 3.58. The number of rotatable bonds is 7. The highest BCUT2D eigenvalue weighted by atomic mass is 35.5. The average molecular weight is 380 g/mol. The fourth-order valence-corrected chi connectivity index (χ4v) is 2.82. The van der Waals surface area contributed by atoms with Crippen molar-refractivity contribution in [2.24, 2.45) is 5.92 Å². The summed E-state index contributed by atoms with van der Waals surface area (Å²) in [4.78, 5) is 37.0. The summed E-state index contributed by atoms with van der Waals surface area (Å²) in [6.45, 7) is 3.20. The Morgan fingerprint density at radius 2 is 1.84 bits per heavy atom. The number of carbonyl (C=O) groups is 3. The van der Waals surface area contributed by atoms with Gasteiger partial charge in [0.15, 0.2) is 12.4 Å². The van der Waals surface area contributed by atoms with Gasteiger partial charge >= 0.3 is 5.97 Å². The van der Waals surface area contributed by atoms with Gasteiger partial charge in [-0.25, -0.2) is 4.79 Å². The molecule has 2 aromatic rings. The Morgan fingerprint density at radius 1 is 1.16 bits per heavy atom. The third kappa shape index (κ3) is 5.41. The Hall–Kier alpha value is -2.18. The number of carbonyl (C=O) groups excluding carboxylic acids is 3. The van der Waals surface area contributed by atoms with E-state index in [1.807, 2.05) is 0 Å². The van der Waals surface area contributed by atoms with Crippen LogP contribution in [0.3, 0.4) is 0 Å². The van der Waals surface area contributed by atoms with E-state index < -0.39 is 18.6 Å². The number of Topliss-reactive ketones (excluding diaryl/α,β-unsaturated/α-hetero) is 1. The van der Waals surface area contributed by atoms with Crippen LogP contribution in [0, 0.1) is 5.92 Å². The number of hydrogen-bond donors (Lipinski definition) is 1. The van der Waals surface area contributed by atoms with E-state index in [1.54, 1.807) is 55.6 Å². The van der Waals surface area contributed by atoms with Gasteiger partial charge in [0.1, 0.15) is 6.04 Å². The highest BCUT2D eigenvalue weighted by Gasteiger charge is 2.27. The predicted molar refractivity (Wildman–Crippen MR) is 97.2 cm³/mol. The highest BCUT2D eigenvalue weighted by Crippen LogP contribution is 2.12. The van der Waals surface area contributed by atoms with Crippen molar-refractivity contribution in [1.82, 2.24) is 5.32 Å². The first kappa shape index (κ1) is 19.1. The van der Waals surface area contributed by atoms with Crippen LogP contribution in [-0.4, -0.2) is 30.3 Å². The molecule has 1 aromatic heterocycles. The monoisotopic (exact) mass is 379 g/mol. The summed E-state index contributed by atoms with van der Waals surface area (Å²) >= 11 is 7.06. The van der Waals surface area contributed by atoms with Gasteiger partial charge in [0.2, 0.25) is 0 Å². The van der Waals surface area contributed by atoms with Crippen LogP contribution in [0.2, 0.25) is 5.02 Å². The Bertz CT molecular complexity index is 741. The molecule has 0 radical (unpaired) electrons. The molecule has 0 bridgehead atoms. The van der Waals surface area contributed by atoms with Crippen molar-refractivity contribution in [3.8, 4) is 0 Å². The molecule has 0 unspecified atom stereocenters.